The summed E-state index contributed by atoms with van der Waals surface area (Å²) in [5.74, 6) is -0.950. The van der Waals surface area contributed by atoms with E-state index in [1.54, 1.807) is 0 Å². The highest BCUT2D eigenvalue weighted by molar-refractivity contribution is 5.70. The van der Waals surface area contributed by atoms with Gasteiger partial charge in [-0.1, -0.05) is 170 Å². The molecule has 2 fully saturated rings. The lowest BCUT2D eigenvalue weighted by atomic mass is 9.98. The summed E-state index contributed by atoms with van der Waals surface area (Å²) < 4.78 is 33.7. The van der Waals surface area contributed by atoms with Crippen molar-refractivity contribution in [3.05, 3.63) is 85.1 Å². The molecule has 15 heteroatoms. The van der Waals surface area contributed by atoms with Crippen molar-refractivity contribution in [3.63, 3.8) is 0 Å². The average Bonchev–Trinajstić information content (AvgIpc) is 3.39. The van der Waals surface area contributed by atoms with Crippen molar-refractivity contribution in [2.45, 2.75) is 248 Å². The number of esters is 2. The van der Waals surface area contributed by atoms with Crippen LogP contribution in [0.2, 0.25) is 0 Å². The second kappa shape index (κ2) is 44.8. The molecule has 0 saturated carbocycles. The Morgan fingerprint density at radius 3 is 1.27 bits per heavy atom. The molecule has 11 unspecified atom stereocenters. The van der Waals surface area contributed by atoms with E-state index in [1.165, 1.54) is 25.7 Å². The molecule has 0 aromatic heterocycles. The maximum absolute atomic E-state index is 13.1. The van der Waals surface area contributed by atoms with E-state index in [4.69, 9.17) is 28.4 Å². The van der Waals surface area contributed by atoms with Crippen molar-refractivity contribution in [2.75, 3.05) is 26.4 Å². The van der Waals surface area contributed by atoms with Crippen LogP contribution in [0.3, 0.4) is 0 Å². The normalized spacial score (nSPS) is 25.3. The largest absolute Gasteiger partial charge is 0.462 e. The van der Waals surface area contributed by atoms with E-state index in [1.807, 2.05) is 0 Å². The number of rotatable bonds is 43. The Morgan fingerprint density at radius 1 is 0.432 bits per heavy atom. The Balaban J connectivity index is 1.77. The SMILES string of the molecule is CC/C=C\C/C=C\C/C=C\C/C=C\CCCCCCCCCCC(=O)OC(COC(=O)CCCCCCCCC/C=C\C/C=C\C/C=C\CC)COC1OC(COC2OC(CO)C(O)C(O)C2O)C(O)C(O)C1O. The second-order valence-corrected chi connectivity index (χ2v) is 19.3. The van der Waals surface area contributed by atoms with Gasteiger partial charge in [0, 0.05) is 12.8 Å². The monoisotopic (exact) mass is 1050 g/mol. The first-order chi connectivity index (χ1) is 36.0. The summed E-state index contributed by atoms with van der Waals surface area (Å²) in [5.41, 5.74) is 0. The Hall–Kier alpha value is -3.32. The molecule has 2 saturated heterocycles. The molecule has 0 amide bonds. The van der Waals surface area contributed by atoms with Gasteiger partial charge in [0.2, 0.25) is 0 Å². The van der Waals surface area contributed by atoms with E-state index < -0.39 is 99.3 Å². The van der Waals surface area contributed by atoms with E-state index in [0.717, 1.165) is 116 Å². The summed E-state index contributed by atoms with van der Waals surface area (Å²) in [6.07, 6.45) is 38.8. The molecule has 0 aliphatic carbocycles. The Labute approximate surface area is 444 Å². The zero-order valence-corrected chi connectivity index (χ0v) is 45.0. The van der Waals surface area contributed by atoms with E-state index >= 15 is 0 Å². The fourth-order valence-corrected chi connectivity index (χ4v) is 8.34. The second-order valence-electron chi connectivity index (χ2n) is 19.3. The number of aliphatic hydroxyl groups is 7. The van der Waals surface area contributed by atoms with Crippen LogP contribution in [0.1, 0.15) is 181 Å². The van der Waals surface area contributed by atoms with Crippen LogP contribution >= 0.6 is 0 Å². The first-order valence-electron chi connectivity index (χ1n) is 28.2. The molecular formula is C59H98O15. The van der Waals surface area contributed by atoms with Crippen LogP contribution < -0.4 is 0 Å². The third-order valence-corrected chi connectivity index (χ3v) is 12.9. The summed E-state index contributed by atoms with van der Waals surface area (Å²) in [4.78, 5) is 25.9. The number of allylic oxidation sites excluding steroid dienone is 14. The summed E-state index contributed by atoms with van der Waals surface area (Å²) in [5, 5.41) is 72.3. The maximum atomic E-state index is 13.1. The lowest BCUT2D eigenvalue weighted by Crippen LogP contribution is -2.61. The summed E-state index contributed by atoms with van der Waals surface area (Å²) in [7, 11) is 0. The third kappa shape index (κ3) is 31.7. The number of aliphatic hydroxyl groups excluding tert-OH is 7. The zero-order chi connectivity index (χ0) is 53.9. The predicted molar refractivity (Wildman–Crippen MR) is 289 cm³/mol. The van der Waals surface area contributed by atoms with Gasteiger partial charge in [0.25, 0.3) is 0 Å². The van der Waals surface area contributed by atoms with Gasteiger partial charge in [0.1, 0.15) is 55.4 Å². The van der Waals surface area contributed by atoms with Gasteiger partial charge in [-0.05, 0) is 83.5 Å². The van der Waals surface area contributed by atoms with Gasteiger partial charge in [-0.2, -0.15) is 0 Å². The van der Waals surface area contributed by atoms with E-state index in [-0.39, 0.29) is 19.4 Å². The number of hydrogen-bond acceptors (Lipinski definition) is 15. The first-order valence-corrected chi connectivity index (χ1v) is 28.2. The molecule has 2 rings (SSSR count). The number of hydrogen-bond donors (Lipinski definition) is 7. The van der Waals surface area contributed by atoms with Crippen molar-refractivity contribution in [1.29, 1.82) is 0 Å². The maximum Gasteiger partial charge on any atom is 0.306 e. The van der Waals surface area contributed by atoms with Gasteiger partial charge in [-0.3, -0.25) is 9.59 Å². The average molecular weight is 1050 g/mol. The molecule has 0 aromatic rings. The third-order valence-electron chi connectivity index (χ3n) is 12.9. The van der Waals surface area contributed by atoms with Crippen molar-refractivity contribution < 1.29 is 73.8 Å². The number of unbranched alkanes of at least 4 members (excludes halogenated alkanes) is 15. The summed E-state index contributed by atoms with van der Waals surface area (Å²) in [6, 6.07) is 0. The van der Waals surface area contributed by atoms with E-state index in [9.17, 15) is 45.3 Å². The van der Waals surface area contributed by atoms with Crippen LogP contribution in [0.5, 0.6) is 0 Å². The smallest absolute Gasteiger partial charge is 0.306 e. The Bertz CT molecular complexity index is 1610. The molecule has 7 N–H and O–H groups in total. The van der Waals surface area contributed by atoms with Gasteiger partial charge in [-0.25, -0.2) is 0 Å². The van der Waals surface area contributed by atoms with Crippen LogP contribution in [0.15, 0.2) is 85.1 Å². The highest BCUT2D eigenvalue weighted by atomic mass is 16.7. The van der Waals surface area contributed by atoms with Crippen molar-refractivity contribution in [2.24, 2.45) is 0 Å². The van der Waals surface area contributed by atoms with Crippen LogP contribution in [0, 0.1) is 0 Å². The fraction of sp³-hybridized carbons (Fsp3) is 0.729. The van der Waals surface area contributed by atoms with Gasteiger partial charge in [0.15, 0.2) is 18.7 Å². The quantitative estimate of drug-likeness (QED) is 0.0172. The first kappa shape index (κ1) is 66.8. The van der Waals surface area contributed by atoms with Crippen LogP contribution in [-0.2, 0) is 38.0 Å². The Kier molecular flexibility index (Phi) is 40.4. The number of carbonyl (C=O) groups excluding carboxylic acids is 2. The molecule has 424 valence electrons. The van der Waals surface area contributed by atoms with Crippen LogP contribution in [0.25, 0.3) is 0 Å². The molecular weight excluding hydrogens is 949 g/mol. The van der Waals surface area contributed by atoms with Crippen molar-refractivity contribution in [1.82, 2.24) is 0 Å². The molecule has 74 heavy (non-hydrogen) atoms. The number of carbonyl (C=O) groups is 2. The van der Waals surface area contributed by atoms with Crippen molar-refractivity contribution in [3.8, 4) is 0 Å². The lowest BCUT2D eigenvalue weighted by molar-refractivity contribution is -0.332. The van der Waals surface area contributed by atoms with Gasteiger partial charge in [0.05, 0.1) is 19.8 Å². The highest BCUT2D eigenvalue weighted by Gasteiger charge is 2.47. The van der Waals surface area contributed by atoms with Gasteiger partial charge in [-0.15, -0.1) is 0 Å². The molecule has 15 nitrogen and oxygen atoms in total. The zero-order valence-electron chi connectivity index (χ0n) is 45.0. The Morgan fingerprint density at radius 2 is 0.811 bits per heavy atom. The molecule has 0 radical (unpaired) electrons. The minimum Gasteiger partial charge on any atom is -0.462 e. The molecule has 0 spiro atoms. The minimum atomic E-state index is -1.77. The molecule has 11 atom stereocenters. The van der Waals surface area contributed by atoms with Crippen LogP contribution in [-0.4, -0.2) is 142 Å². The molecule has 0 bridgehead atoms. The molecule has 2 aliphatic rings. The predicted octanol–water partition coefficient (Wildman–Crippen LogP) is 9.16. The van der Waals surface area contributed by atoms with E-state index in [0.29, 0.717) is 12.8 Å². The number of ether oxygens (including phenoxy) is 6. The van der Waals surface area contributed by atoms with Gasteiger partial charge < -0.3 is 64.2 Å². The summed E-state index contributed by atoms with van der Waals surface area (Å²) in [6.45, 7) is 2.35. The van der Waals surface area contributed by atoms with Crippen LogP contribution in [0.4, 0.5) is 0 Å². The topological polar surface area (TPSA) is 231 Å². The molecule has 0 aromatic carbocycles. The molecule has 2 heterocycles. The fourth-order valence-electron chi connectivity index (χ4n) is 8.34. The summed E-state index contributed by atoms with van der Waals surface area (Å²) >= 11 is 0. The van der Waals surface area contributed by atoms with Gasteiger partial charge >= 0.3 is 11.9 Å². The molecule has 2 aliphatic heterocycles. The van der Waals surface area contributed by atoms with Crippen molar-refractivity contribution >= 4 is 11.9 Å². The highest BCUT2D eigenvalue weighted by Crippen LogP contribution is 2.26. The van der Waals surface area contributed by atoms with E-state index in [2.05, 4.69) is 98.9 Å². The minimum absolute atomic E-state index is 0.149. The lowest BCUT2D eigenvalue weighted by Gasteiger charge is -2.42. The standard InChI is InChI=1S/C59H98O15/c1-3-5-7-9-11-13-15-17-19-21-22-23-24-26-28-30-32-34-36-38-40-42-51(62)72-47(44-69-50(61)41-39-37-35-33-31-29-27-25-20-18-16-14-12-10-8-6-4-2)45-70-58-57(68)55(66)53(64)49(74-58)46-71-59-56(67)54(65)52(63)48(43-60)73-59/h5-8,11-14,17-20,22-23,47-49,52-60,63-68H,3-4,9-10,15-16,21,24-46H2,1-2H3/b7-5-,8-6-,13-11-,14-12-,19-17-,20-18-,23-22-.